The van der Waals surface area contributed by atoms with Crippen LogP contribution in [-0.4, -0.2) is 25.5 Å². The SMILES string of the molecule is CCCNCCNC(=O)c1ccc(F)cc1F. The second-order valence-corrected chi connectivity index (χ2v) is 3.63. The molecule has 0 fully saturated rings. The summed E-state index contributed by atoms with van der Waals surface area (Å²) >= 11 is 0. The lowest BCUT2D eigenvalue weighted by atomic mass is 10.2. The average Bonchev–Trinajstić information content (AvgIpc) is 2.28. The maximum absolute atomic E-state index is 13.2. The van der Waals surface area contributed by atoms with Crippen molar-refractivity contribution >= 4 is 5.91 Å². The van der Waals surface area contributed by atoms with Crippen LogP contribution < -0.4 is 10.6 Å². The summed E-state index contributed by atoms with van der Waals surface area (Å²) in [5.74, 6) is -2.06. The number of hydrogen-bond acceptors (Lipinski definition) is 2. The fourth-order valence-corrected chi connectivity index (χ4v) is 1.34. The van der Waals surface area contributed by atoms with Crippen molar-refractivity contribution in [3.63, 3.8) is 0 Å². The van der Waals surface area contributed by atoms with E-state index >= 15 is 0 Å². The van der Waals surface area contributed by atoms with Crippen LogP contribution in [0.3, 0.4) is 0 Å². The largest absolute Gasteiger partial charge is 0.351 e. The van der Waals surface area contributed by atoms with E-state index in [2.05, 4.69) is 10.6 Å². The van der Waals surface area contributed by atoms with E-state index in [4.69, 9.17) is 0 Å². The van der Waals surface area contributed by atoms with Crippen LogP contribution in [0.15, 0.2) is 18.2 Å². The van der Waals surface area contributed by atoms with Crippen LogP contribution in [-0.2, 0) is 0 Å². The van der Waals surface area contributed by atoms with E-state index in [0.717, 1.165) is 25.1 Å². The molecule has 94 valence electrons. The number of carbonyl (C=O) groups excluding carboxylic acids is 1. The van der Waals surface area contributed by atoms with Crippen molar-refractivity contribution in [3.05, 3.63) is 35.4 Å². The first-order valence-corrected chi connectivity index (χ1v) is 5.59. The van der Waals surface area contributed by atoms with Crippen LogP contribution in [0, 0.1) is 11.6 Å². The van der Waals surface area contributed by atoms with Crippen molar-refractivity contribution in [2.45, 2.75) is 13.3 Å². The van der Waals surface area contributed by atoms with Gasteiger partial charge in [0.1, 0.15) is 11.6 Å². The molecule has 17 heavy (non-hydrogen) atoms. The molecular weight excluding hydrogens is 226 g/mol. The quantitative estimate of drug-likeness (QED) is 0.745. The van der Waals surface area contributed by atoms with Gasteiger partial charge in [0.05, 0.1) is 5.56 Å². The first kappa shape index (κ1) is 13.6. The van der Waals surface area contributed by atoms with E-state index < -0.39 is 17.5 Å². The minimum Gasteiger partial charge on any atom is -0.351 e. The lowest BCUT2D eigenvalue weighted by Crippen LogP contribution is -2.32. The molecule has 5 heteroatoms. The second-order valence-electron chi connectivity index (χ2n) is 3.63. The summed E-state index contributed by atoms with van der Waals surface area (Å²) in [6.07, 6.45) is 1.01. The minimum atomic E-state index is -0.844. The van der Waals surface area contributed by atoms with Crippen molar-refractivity contribution in [2.24, 2.45) is 0 Å². The number of nitrogens with one attached hydrogen (secondary N) is 2. The van der Waals surface area contributed by atoms with Crippen molar-refractivity contribution in [1.82, 2.24) is 10.6 Å². The Morgan fingerprint density at radius 2 is 2.00 bits per heavy atom. The molecule has 0 heterocycles. The van der Waals surface area contributed by atoms with E-state index in [1.54, 1.807) is 0 Å². The van der Waals surface area contributed by atoms with Crippen molar-refractivity contribution in [2.75, 3.05) is 19.6 Å². The summed E-state index contributed by atoms with van der Waals surface area (Å²) < 4.78 is 25.8. The molecule has 0 bridgehead atoms. The molecule has 2 N–H and O–H groups in total. The average molecular weight is 242 g/mol. The number of amides is 1. The predicted octanol–water partition coefficient (Wildman–Crippen LogP) is 1.69. The summed E-state index contributed by atoms with van der Waals surface area (Å²) in [5.41, 5.74) is -0.137. The highest BCUT2D eigenvalue weighted by Gasteiger charge is 2.11. The Morgan fingerprint density at radius 3 is 2.65 bits per heavy atom. The maximum atomic E-state index is 13.2. The Hall–Kier alpha value is -1.49. The molecule has 0 atom stereocenters. The van der Waals surface area contributed by atoms with E-state index in [-0.39, 0.29) is 5.56 Å². The lowest BCUT2D eigenvalue weighted by Gasteiger charge is -2.06. The van der Waals surface area contributed by atoms with Gasteiger partial charge in [-0.15, -0.1) is 0 Å². The van der Waals surface area contributed by atoms with Gasteiger partial charge in [-0.1, -0.05) is 6.92 Å². The van der Waals surface area contributed by atoms with Gasteiger partial charge in [-0.3, -0.25) is 4.79 Å². The van der Waals surface area contributed by atoms with Crippen LogP contribution in [0.25, 0.3) is 0 Å². The van der Waals surface area contributed by atoms with Gasteiger partial charge in [0.25, 0.3) is 5.91 Å². The highest BCUT2D eigenvalue weighted by molar-refractivity contribution is 5.94. The summed E-state index contributed by atoms with van der Waals surface area (Å²) in [4.78, 5) is 11.5. The van der Waals surface area contributed by atoms with E-state index in [9.17, 15) is 13.6 Å². The van der Waals surface area contributed by atoms with Crippen molar-refractivity contribution in [3.8, 4) is 0 Å². The van der Waals surface area contributed by atoms with E-state index in [0.29, 0.717) is 19.2 Å². The standard InChI is InChI=1S/C12H16F2N2O/c1-2-5-15-6-7-16-12(17)10-4-3-9(13)8-11(10)14/h3-4,8,15H,2,5-7H2,1H3,(H,16,17). The number of carbonyl (C=O) groups is 1. The Balaban J connectivity index is 2.42. The Labute approximate surface area is 99.2 Å². The zero-order chi connectivity index (χ0) is 12.7. The molecule has 0 aliphatic heterocycles. The highest BCUT2D eigenvalue weighted by Crippen LogP contribution is 2.08. The Bertz CT molecular complexity index is 383. The van der Waals surface area contributed by atoms with Gasteiger partial charge < -0.3 is 10.6 Å². The Morgan fingerprint density at radius 1 is 1.24 bits per heavy atom. The van der Waals surface area contributed by atoms with Gasteiger partial charge in [-0.25, -0.2) is 8.78 Å². The van der Waals surface area contributed by atoms with E-state index in [1.807, 2.05) is 6.92 Å². The lowest BCUT2D eigenvalue weighted by molar-refractivity contribution is 0.0950. The first-order chi connectivity index (χ1) is 8.15. The van der Waals surface area contributed by atoms with Gasteiger partial charge in [0.15, 0.2) is 0 Å². The fraction of sp³-hybridized carbons (Fsp3) is 0.417. The third-order valence-corrected chi connectivity index (χ3v) is 2.19. The van der Waals surface area contributed by atoms with Crippen molar-refractivity contribution < 1.29 is 13.6 Å². The van der Waals surface area contributed by atoms with Crippen LogP contribution in [0.1, 0.15) is 23.7 Å². The molecule has 3 nitrogen and oxygen atoms in total. The molecular formula is C12H16F2N2O. The van der Waals surface area contributed by atoms with E-state index in [1.165, 1.54) is 0 Å². The molecule has 1 rings (SSSR count). The molecule has 0 unspecified atom stereocenters. The molecule has 0 aliphatic carbocycles. The number of halogens is 2. The Kier molecular flexibility index (Phi) is 5.56. The third-order valence-electron chi connectivity index (χ3n) is 2.19. The molecule has 0 aliphatic rings. The fourth-order valence-electron chi connectivity index (χ4n) is 1.34. The van der Waals surface area contributed by atoms with Gasteiger partial charge in [0.2, 0.25) is 0 Å². The first-order valence-electron chi connectivity index (χ1n) is 5.59. The molecule has 0 aromatic heterocycles. The molecule has 0 saturated carbocycles. The number of rotatable bonds is 6. The van der Waals surface area contributed by atoms with Gasteiger partial charge >= 0.3 is 0 Å². The van der Waals surface area contributed by atoms with Gasteiger partial charge in [0, 0.05) is 19.2 Å². The molecule has 0 spiro atoms. The molecule has 0 radical (unpaired) electrons. The minimum absolute atomic E-state index is 0.137. The topological polar surface area (TPSA) is 41.1 Å². The molecule has 1 amide bonds. The smallest absolute Gasteiger partial charge is 0.254 e. The second kappa shape index (κ2) is 6.96. The third kappa shape index (κ3) is 4.48. The maximum Gasteiger partial charge on any atom is 0.254 e. The zero-order valence-electron chi connectivity index (χ0n) is 9.72. The van der Waals surface area contributed by atoms with Crippen LogP contribution >= 0.6 is 0 Å². The van der Waals surface area contributed by atoms with Gasteiger partial charge in [-0.05, 0) is 25.1 Å². The van der Waals surface area contributed by atoms with Crippen LogP contribution in [0.4, 0.5) is 8.78 Å². The van der Waals surface area contributed by atoms with Gasteiger partial charge in [-0.2, -0.15) is 0 Å². The summed E-state index contributed by atoms with van der Waals surface area (Å²) in [6, 6.07) is 2.90. The monoisotopic (exact) mass is 242 g/mol. The summed E-state index contributed by atoms with van der Waals surface area (Å²) in [6.45, 7) is 3.96. The summed E-state index contributed by atoms with van der Waals surface area (Å²) in [5, 5.41) is 5.65. The van der Waals surface area contributed by atoms with Crippen LogP contribution in [0.5, 0.6) is 0 Å². The normalized spacial score (nSPS) is 10.3. The zero-order valence-corrected chi connectivity index (χ0v) is 9.72. The predicted molar refractivity (Wildman–Crippen MR) is 61.9 cm³/mol. The number of benzene rings is 1. The molecule has 1 aromatic rings. The number of hydrogen-bond donors (Lipinski definition) is 2. The van der Waals surface area contributed by atoms with Crippen LogP contribution in [0.2, 0.25) is 0 Å². The molecule has 1 aromatic carbocycles. The summed E-state index contributed by atoms with van der Waals surface area (Å²) in [7, 11) is 0. The van der Waals surface area contributed by atoms with Crippen molar-refractivity contribution in [1.29, 1.82) is 0 Å². The highest BCUT2D eigenvalue weighted by atomic mass is 19.1. The molecule has 0 saturated heterocycles.